The minimum absolute atomic E-state index is 0.232. The van der Waals surface area contributed by atoms with Gasteiger partial charge in [-0.2, -0.15) is 5.10 Å². The van der Waals surface area contributed by atoms with Crippen LogP contribution in [-0.2, 0) is 0 Å². The van der Waals surface area contributed by atoms with Crippen molar-refractivity contribution in [2.24, 2.45) is 5.10 Å². The molecule has 0 fully saturated rings. The van der Waals surface area contributed by atoms with E-state index in [9.17, 15) is 9.59 Å². The molecule has 1 N–H and O–H groups in total. The van der Waals surface area contributed by atoms with E-state index >= 15 is 0 Å². The van der Waals surface area contributed by atoms with E-state index in [1.54, 1.807) is 30.3 Å². The van der Waals surface area contributed by atoms with Crippen LogP contribution in [0.2, 0.25) is 15.1 Å². The maximum Gasteiger partial charge on any atom is 0.355 e. The summed E-state index contributed by atoms with van der Waals surface area (Å²) in [6, 6.07) is 18.7. The number of rotatable bonds is 5. The second-order valence-corrected chi connectivity index (χ2v) is 8.80. The lowest BCUT2D eigenvalue weighted by molar-refractivity contribution is 0.0739. The van der Waals surface area contributed by atoms with Crippen LogP contribution < -0.4 is 10.2 Å². The van der Waals surface area contributed by atoms with Gasteiger partial charge in [0, 0.05) is 15.1 Å². The number of carbonyl (C=O) groups excluding carboxylic acids is 2. The van der Waals surface area contributed by atoms with Gasteiger partial charge in [0.1, 0.15) is 10.6 Å². The molecule has 1 heterocycles. The van der Waals surface area contributed by atoms with Crippen LogP contribution in [0.15, 0.2) is 71.8 Å². The van der Waals surface area contributed by atoms with E-state index in [-0.39, 0.29) is 10.6 Å². The standard InChI is InChI=1S/C23H13Cl3N2O3S/c24-14-7-10-16(18(25)11-14)22(29)28-27-12-13-5-8-15(9-6-13)31-23(30)21-20(26)17-3-1-2-4-19(17)32-21/h1-12H,(H,28,29). The van der Waals surface area contributed by atoms with Gasteiger partial charge >= 0.3 is 5.97 Å². The molecular weight excluding hydrogens is 491 g/mol. The highest BCUT2D eigenvalue weighted by Gasteiger charge is 2.19. The maximum absolute atomic E-state index is 12.5. The molecule has 0 saturated carbocycles. The smallest absolute Gasteiger partial charge is 0.355 e. The van der Waals surface area contributed by atoms with Crippen molar-refractivity contribution in [1.29, 1.82) is 0 Å². The number of carbonyl (C=O) groups is 2. The third-order valence-electron chi connectivity index (χ3n) is 4.37. The minimum Gasteiger partial charge on any atom is -0.422 e. The van der Waals surface area contributed by atoms with E-state index in [0.717, 1.165) is 10.1 Å². The Hall–Kier alpha value is -2.90. The topological polar surface area (TPSA) is 67.8 Å². The molecule has 0 aliphatic heterocycles. The van der Waals surface area contributed by atoms with Gasteiger partial charge in [-0.3, -0.25) is 4.79 Å². The summed E-state index contributed by atoms with van der Waals surface area (Å²) in [5.74, 6) is -0.629. The molecule has 1 aromatic heterocycles. The van der Waals surface area contributed by atoms with Crippen molar-refractivity contribution in [2.75, 3.05) is 0 Å². The molecule has 32 heavy (non-hydrogen) atoms. The van der Waals surface area contributed by atoms with Crippen molar-refractivity contribution in [3.05, 3.63) is 97.8 Å². The second-order valence-electron chi connectivity index (χ2n) is 6.52. The lowest BCUT2D eigenvalue weighted by Gasteiger charge is -2.04. The molecule has 0 radical (unpaired) electrons. The first-order chi connectivity index (χ1) is 15.4. The predicted octanol–water partition coefficient (Wildman–Crippen LogP) is 6.84. The summed E-state index contributed by atoms with van der Waals surface area (Å²) < 4.78 is 6.35. The van der Waals surface area contributed by atoms with Crippen LogP contribution in [0.3, 0.4) is 0 Å². The number of nitrogens with one attached hydrogen (secondary N) is 1. The number of thiophene rings is 1. The first kappa shape index (κ1) is 22.3. The molecule has 4 aromatic rings. The Morgan fingerprint density at radius 2 is 1.72 bits per heavy atom. The number of amides is 1. The van der Waals surface area contributed by atoms with Gasteiger partial charge in [0.25, 0.3) is 5.91 Å². The number of hydrogen-bond acceptors (Lipinski definition) is 5. The third-order valence-corrected chi connectivity index (χ3v) is 6.57. The number of nitrogens with zero attached hydrogens (tertiary/aromatic N) is 1. The Labute approximate surface area is 202 Å². The number of hydrogen-bond donors (Lipinski definition) is 1. The van der Waals surface area contributed by atoms with Crippen LogP contribution in [0.1, 0.15) is 25.6 Å². The van der Waals surface area contributed by atoms with Gasteiger partial charge in [-0.1, -0.05) is 53.0 Å². The number of halogens is 3. The molecule has 0 aliphatic carbocycles. The fourth-order valence-electron chi connectivity index (χ4n) is 2.82. The second kappa shape index (κ2) is 9.71. The average Bonchev–Trinajstić information content (AvgIpc) is 3.12. The van der Waals surface area contributed by atoms with Gasteiger partial charge in [-0.05, 0) is 54.1 Å². The molecule has 0 aliphatic rings. The zero-order valence-electron chi connectivity index (χ0n) is 16.1. The van der Waals surface area contributed by atoms with E-state index in [2.05, 4.69) is 10.5 Å². The quantitative estimate of drug-likeness (QED) is 0.140. The van der Waals surface area contributed by atoms with Gasteiger partial charge in [-0.15, -0.1) is 11.3 Å². The lowest BCUT2D eigenvalue weighted by Crippen LogP contribution is -2.18. The minimum atomic E-state index is -0.523. The molecule has 0 spiro atoms. The highest BCUT2D eigenvalue weighted by atomic mass is 35.5. The normalized spacial score (nSPS) is 11.1. The zero-order valence-corrected chi connectivity index (χ0v) is 19.2. The summed E-state index contributed by atoms with van der Waals surface area (Å²) in [6.07, 6.45) is 1.45. The van der Waals surface area contributed by atoms with E-state index in [0.29, 0.717) is 26.2 Å². The van der Waals surface area contributed by atoms with E-state index in [4.69, 9.17) is 39.5 Å². The number of benzene rings is 3. The maximum atomic E-state index is 12.5. The molecule has 9 heteroatoms. The SMILES string of the molecule is O=C(NN=Cc1ccc(OC(=O)c2sc3ccccc3c2Cl)cc1)c1ccc(Cl)cc1Cl. The fraction of sp³-hybridized carbons (Fsp3) is 0. The van der Waals surface area contributed by atoms with Crippen LogP contribution >= 0.6 is 46.1 Å². The Kier molecular flexibility index (Phi) is 6.77. The summed E-state index contributed by atoms with van der Waals surface area (Å²) in [6.45, 7) is 0. The van der Waals surface area contributed by atoms with Crippen LogP contribution in [0, 0.1) is 0 Å². The Bertz CT molecular complexity index is 1350. The summed E-state index contributed by atoms with van der Waals surface area (Å²) in [5.41, 5.74) is 3.35. The van der Waals surface area contributed by atoms with Gasteiger partial charge in [0.15, 0.2) is 0 Å². The first-order valence-electron chi connectivity index (χ1n) is 9.20. The van der Waals surface area contributed by atoms with Crippen molar-refractivity contribution in [2.45, 2.75) is 0 Å². The lowest BCUT2D eigenvalue weighted by atomic mass is 10.2. The molecule has 4 rings (SSSR count). The van der Waals surface area contributed by atoms with Crippen molar-refractivity contribution in [3.63, 3.8) is 0 Å². The summed E-state index contributed by atoms with van der Waals surface area (Å²) in [4.78, 5) is 25.0. The molecule has 3 aromatic carbocycles. The van der Waals surface area contributed by atoms with Gasteiger partial charge < -0.3 is 4.74 Å². The Morgan fingerprint density at radius 3 is 2.44 bits per heavy atom. The number of fused-ring (bicyclic) bond motifs is 1. The summed E-state index contributed by atoms with van der Waals surface area (Å²) in [5, 5.41) is 5.79. The molecule has 0 saturated heterocycles. The van der Waals surface area contributed by atoms with Crippen LogP contribution in [0.4, 0.5) is 0 Å². The molecule has 0 atom stereocenters. The molecular formula is C23H13Cl3N2O3S. The van der Waals surface area contributed by atoms with E-state index in [1.165, 1.54) is 29.7 Å². The van der Waals surface area contributed by atoms with Crippen LogP contribution in [-0.4, -0.2) is 18.1 Å². The van der Waals surface area contributed by atoms with Crippen molar-refractivity contribution in [1.82, 2.24) is 5.43 Å². The van der Waals surface area contributed by atoms with E-state index in [1.807, 2.05) is 24.3 Å². The van der Waals surface area contributed by atoms with Crippen molar-refractivity contribution < 1.29 is 14.3 Å². The van der Waals surface area contributed by atoms with Crippen LogP contribution in [0.5, 0.6) is 5.75 Å². The molecule has 5 nitrogen and oxygen atoms in total. The fourth-order valence-corrected chi connectivity index (χ4v) is 4.70. The van der Waals surface area contributed by atoms with Crippen molar-refractivity contribution in [3.8, 4) is 5.75 Å². The molecule has 0 bridgehead atoms. The number of esters is 1. The largest absolute Gasteiger partial charge is 0.422 e. The monoisotopic (exact) mass is 502 g/mol. The van der Waals surface area contributed by atoms with Crippen LogP contribution in [0.25, 0.3) is 10.1 Å². The van der Waals surface area contributed by atoms with Gasteiger partial charge in [0.05, 0.1) is 21.8 Å². The summed E-state index contributed by atoms with van der Waals surface area (Å²) in [7, 11) is 0. The molecule has 160 valence electrons. The zero-order chi connectivity index (χ0) is 22.7. The molecule has 0 unspecified atom stereocenters. The number of hydrazone groups is 1. The van der Waals surface area contributed by atoms with E-state index < -0.39 is 11.9 Å². The first-order valence-corrected chi connectivity index (χ1v) is 11.1. The third kappa shape index (κ3) is 4.95. The Morgan fingerprint density at radius 1 is 0.969 bits per heavy atom. The van der Waals surface area contributed by atoms with Gasteiger partial charge in [-0.25, -0.2) is 10.2 Å². The Balaban J connectivity index is 1.39. The van der Waals surface area contributed by atoms with Crippen molar-refractivity contribution >= 4 is 74.3 Å². The highest BCUT2D eigenvalue weighted by Crippen LogP contribution is 2.35. The molecule has 1 amide bonds. The number of ether oxygens (including phenoxy) is 1. The highest BCUT2D eigenvalue weighted by molar-refractivity contribution is 7.21. The van der Waals surface area contributed by atoms with Gasteiger partial charge in [0.2, 0.25) is 0 Å². The predicted molar refractivity (Wildman–Crippen MR) is 130 cm³/mol. The summed E-state index contributed by atoms with van der Waals surface area (Å²) >= 11 is 19.5. The average molecular weight is 504 g/mol.